The minimum absolute atomic E-state index is 0.0940. The number of carboxylic acids is 1. The second kappa shape index (κ2) is 4.47. The lowest BCUT2D eigenvalue weighted by atomic mass is 10.3. The minimum Gasteiger partial charge on any atom is -0.476 e. The van der Waals surface area contributed by atoms with E-state index in [0.29, 0.717) is 11.3 Å². The van der Waals surface area contributed by atoms with Crippen LogP contribution in [0.5, 0.6) is 0 Å². The second-order valence-electron chi connectivity index (χ2n) is 3.19. The van der Waals surface area contributed by atoms with E-state index in [-0.39, 0.29) is 5.69 Å². The summed E-state index contributed by atoms with van der Waals surface area (Å²) in [5.41, 5.74) is 0.704. The standard InChI is InChI=1S/C10H9BrN2O2S/c1-16-5-7-12-8(10(14)15)9-6(11)3-2-4-13(7)9/h2-4H,5H2,1H3,(H,14,15). The van der Waals surface area contributed by atoms with Gasteiger partial charge in [0.1, 0.15) is 5.82 Å². The molecule has 4 nitrogen and oxygen atoms in total. The van der Waals surface area contributed by atoms with Crippen molar-refractivity contribution in [3.8, 4) is 0 Å². The molecule has 0 atom stereocenters. The van der Waals surface area contributed by atoms with Crippen LogP contribution in [0.15, 0.2) is 22.8 Å². The molecule has 0 aliphatic carbocycles. The molecule has 0 aliphatic rings. The predicted molar refractivity (Wildman–Crippen MR) is 67.1 cm³/mol. The monoisotopic (exact) mass is 300 g/mol. The highest BCUT2D eigenvalue weighted by atomic mass is 79.9. The number of carbonyl (C=O) groups is 1. The second-order valence-corrected chi connectivity index (χ2v) is 4.91. The van der Waals surface area contributed by atoms with E-state index >= 15 is 0 Å². The van der Waals surface area contributed by atoms with E-state index in [1.165, 1.54) is 0 Å². The van der Waals surface area contributed by atoms with Crippen molar-refractivity contribution in [3.05, 3.63) is 34.3 Å². The van der Waals surface area contributed by atoms with Crippen LogP contribution in [0, 0.1) is 0 Å². The van der Waals surface area contributed by atoms with Crippen LogP contribution >= 0.6 is 27.7 Å². The fraction of sp³-hybridized carbons (Fsp3) is 0.200. The lowest BCUT2D eigenvalue weighted by Gasteiger charge is -2.00. The van der Waals surface area contributed by atoms with Gasteiger partial charge in [-0.15, -0.1) is 0 Å². The van der Waals surface area contributed by atoms with E-state index in [9.17, 15) is 4.79 Å². The van der Waals surface area contributed by atoms with Crippen molar-refractivity contribution >= 4 is 39.2 Å². The topological polar surface area (TPSA) is 54.6 Å². The van der Waals surface area contributed by atoms with E-state index in [1.807, 2.05) is 29.0 Å². The highest BCUT2D eigenvalue weighted by Crippen LogP contribution is 2.24. The maximum Gasteiger partial charge on any atom is 0.356 e. The van der Waals surface area contributed by atoms with Crippen molar-refractivity contribution in [2.45, 2.75) is 5.75 Å². The molecule has 2 aromatic heterocycles. The fourth-order valence-corrected chi connectivity index (χ4v) is 2.53. The fourth-order valence-electron chi connectivity index (χ4n) is 1.54. The number of hydrogen-bond donors (Lipinski definition) is 1. The average molecular weight is 301 g/mol. The molecule has 0 unspecified atom stereocenters. The molecule has 6 heteroatoms. The summed E-state index contributed by atoms with van der Waals surface area (Å²) in [4.78, 5) is 15.2. The van der Waals surface area contributed by atoms with E-state index < -0.39 is 5.97 Å². The quantitative estimate of drug-likeness (QED) is 0.947. The van der Waals surface area contributed by atoms with Gasteiger partial charge in [-0.25, -0.2) is 9.78 Å². The van der Waals surface area contributed by atoms with Crippen molar-refractivity contribution in [1.29, 1.82) is 0 Å². The van der Waals surface area contributed by atoms with Gasteiger partial charge in [-0.05, 0) is 34.3 Å². The Hall–Kier alpha value is -1.01. The molecule has 84 valence electrons. The van der Waals surface area contributed by atoms with Crippen molar-refractivity contribution in [3.63, 3.8) is 0 Å². The Balaban J connectivity index is 2.76. The first-order chi connectivity index (χ1) is 7.65. The zero-order valence-electron chi connectivity index (χ0n) is 8.48. The van der Waals surface area contributed by atoms with Crippen molar-refractivity contribution < 1.29 is 9.90 Å². The number of aromatic nitrogens is 2. The zero-order chi connectivity index (χ0) is 11.7. The van der Waals surface area contributed by atoms with Crippen molar-refractivity contribution in [2.24, 2.45) is 0 Å². The van der Waals surface area contributed by atoms with Crippen LogP contribution in [0.25, 0.3) is 5.52 Å². The first-order valence-corrected chi connectivity index (χ1v) is 6.71. The first kappa shape index (κ1) is 11.5. The van der Waals surface area contributed by atoms with Crippen LogP contribution in [0.1, 0.15) is 16.3 Å². The molecular formula is C10H9BrN2O2S. The molecule has 0 fully saturated rings. The molecule has 0 saturated heterocycles. The maximum absolute atomic E-state index is 11.1. The van der Waals surface area contributed by atoms with Crippen molar-refractivity contribution in [1.82, 2.24) is 9.38 Å². The largest absolute Gasteiger partial charge is 0.476 e. The van der Waals surface area contributed by atoms with Crippen LogP contribution in [-0.4, -0.2) is 26.7 Å². The number of nitrogens with zero attached hydrogens (tertiary/aromatic N) is 2. The van der Waals surface area contributed by atoms with Gasteiger partial charge in [0.15, 0.2) is 5.69 Å². The van der Waals surface area contributed by atoms with Crippen LogP contribution in [0.4, 0.5) is 0 Å². The number of pyridine rings is 1. The molecule has 0 saturated carbocycles. The smallest absolute Gasteiger partial charge is 0.356 e. The minimum atomic E-state index is -1.00. The first-order valence-electron chi connectivity index (χ1n) is 4.53. The molecule has 1 N–H and O–H groups in total. The highest BCUT2D eigenvalue weighted by molar-refractivity contribution is 9.10. The van der Waals surface area contributed by atoms with Crippen LogP contribution in [0.2, 0.25) is 0 Å². The number of imidazole rings is 1. The lowest BCUT2D eigenvalue weighted by Crippen LogP contribution is -1.97. The van der Waals surface area contributed by atoms with Gasteiger partial charge in [0, 0.05) is 10.7 Å². The summed E-state index contributed by atoms with van der Waals surface area (Å²) in [6.07, 6.45) is 3.78. The number of hydrogen-bond acceptors (Lipinski definition) is 3. The molecule has 0 bridgehead atoms. The van der Waals surface area contributed by atoms with Crippen LogP contribution in [0.3, 0.4) is 0 Å². The van der Waals surface area contributed by atoms with Gasteiger partial charge in [-0.2, -0.15) is 11.8 Å². The van der Waals surface area contributed by atoms with Gasteiger partial charge in [-0.1, -0.05) is 0 Å². The normalized spacial score (nSPS) is 10.9. The van der Waals surface area contributed by atoms with Gasteiger partial charge in [-0.3, -0.25) is 0 Å². The summed E-state index contributed by atoms with van der Waals surface area (Å²) in [5.74, 6) is 0.434. The Kier molecular flexibility index (Phi) is 3.20. The number of fused-ring (bicyclic) bond motifs is 1. The van der Waals surface area contributed by atoms with Gasteiger partial charge < -0.3 is 9.51 Å². The Morgan fingerprint density at radius 1 is 1.69 bits per heavy atom. The zero-order valence-corrected chi connectivity index (χ0v) is 10.9. The summed E-state index contributed by atoms with van der Waals surface area (Å²) < 4.78 is 2.55. The Labute approximate surface area is 105 Å². The summed E-state index contributed by atoms with van der Waals surface area (Å²) in [5, 5.41) is 9.09. The average Bonchev–Trinajstić information content (AvgIpc) is 2.60. The Bertz CT molecular complexity index is 553. The molecule has 0 aromatic carbocycles. The maximum atomic E-state index is 11.1. The number of rotatable bonds is 3. The molecule has 0 spiro atoms. The Morgan fingerprint density at radius 2 is 2.44 bits per heavy atom. The molecule has 2 rings (SSSR count). The third-order valence-corrected chi connectivity index (χ3v) is 3.35. The third kappa shape index (κ3) is 1.82. The summed E-state index contributed by atoms with van der Waals surface area (Å²) >= 11 is 4.96. The summed E-state index contributed by atoms with van der Waals surface area (Å²) in [6, 6.07) is 3.67. The summed E-state index contributed by atoms with van der Waals surface area (Å²) in [6.45, 7) is 0. The van der Waals surface area contributed by atoms with E-state index in [2.05, 4.69) is 20.9 Å². The molecule has 2 aromatic rings. The molecule has 2 heterocycles. The van der Waals surface area contributed by atoms with Gasteiger partial charge >= 0.3 is 5.97 Å². The van der Waals surface area contributed by atoms with E-state index in [0.717, 1.165) is 10.3 Å². The molecule has 0 radical (unpaired) electrons. The third-order valence-electron chi connectivity index (χ3n) is 2.16. The number of thioether (sulfide) groups is 1. The molecule has 16 heavy (non-hydrogen) atoms. The van der Waals surface area contributed by atoms with E-state index in [4.69, 9.17) is 5.11 Å². The Morgan fingerprint density at radius 3 is 3.06 bits per heavy atom. The van der Waals surface area contributed by atoms with Gasteiger partial charge in [0.2, 0.25) is 0 Å². The van der Waals surface area contributed by atoms with Crippen LogP contribution < -0.4 is 0 Å². The van der Waals surface area contributed by atoms with Crippen molar-refractivity contribution in [2.75, 3.05) is 6.26 Å². The van der Waals surface area contributed by atoms with Gasteiger partial charge in [0.05, 0.1) is 11.3 Å². The van der Waals surface area contributed by atoms with Gasteiger partial charge in [0.25, 0.3) is 0 Å². The number of halogens is 1. The lowest BCUT2D eigenvalue weighted by molar-refractivity contribution is 0.0693. The molecule has 0 aliphatic heterocycles. The predicted octanol–water partition coefficient (Wildman–Crippen LogP) is 2.66. The number of aromatic carboxylic acids is 1. The highest BCUT2D eigenvalue weighted by Gasteiger charge is 2.18. The number of carboxylic acid groups (broad SMARTS) is 1. The van der Waals surface area contributed by atoms with E-state index in [1.54, 1.807) is 11.8 Å². The van der Waals surface area contributed by atoms with Crippen LogP contribution in [-0.2, 0) is 5.75 Å². The SMILES string of the molecule is CSCc1nc(C(=O)O)c2c(Br)cccn12. The summed E-state index contributed by atoms with van der Waals surface area (Å²) in [7, 11) is 0. The molecular weight excluding hydrogens is 292 g/mol. The molecule has 0 amide bonds.